The first-order valence-electron chi connectivity index (χ1n) is 5.97. The zero-order valence-electron chi connectivity index (χ0n) is 11.1. The zero-order chi connectivity index (χ0) is 15.4. The first-order valence-corrected chi connectivity index (χ1v) is 6.34. The van der Waals surface area contributed by atoms with Crippen LogP contribution in [0, 0.1) is 0 Å². The monoisotopic (exact) mass is 305 g/mol. The van der Waals surface area contributed by atoms with Gasteiger partial charge in [0.25, 0.3) is 5.91 Å². The van der Waals surface area contributed by atoms with E-state index in [-0.39, 0.29) is 16.9 Å². The second kappa shape index (κ2) is 6.28. The molecule has 2 aromatic rings. The van der Waals surface area contributed by atoms with Gasteiger partial charge in [-0.25, -0.2) is 4.79 Å². The Labute approximate surface area is 126 Å². The van der Waals surface area contributed by atoms with Crippen LogP contribution in [-0.4, -0.2) is 19.0 Å². The topological polar surface area (TPSA) is 78.6 Å². The minimum atomic E-state index is -0.702. The molecule has 2 N–H and O–H groups in total. The molecule has 0 bridgehead atoms. The lowest BCUT2D eigenvalue weighted by Gasteiger charge is -2.10. The van der Waals surface area contributed by atoms with E-state index in [1.807, 2.05) is 0 Å². The Balaban J connectivity index is 2.33. The third kappa shape index (κ3) is 3.52. The van der Waals surface area contributed by atoms with Crippen molar-refractivity contribution < 1.29 is 19.1 Å². The van der Waals surface area contributed by atoms with Gasteiger partial charge in [-0.3, -0.25) is 4.79 Å². The maximum absolute atomic E-state index is 12.1. The molecule has 0 atom stereocenters. The van der Waals surface area contributed by atoms with Crippen LogP contribution in [0.25, 0.3) is 0 Å². The predicted molar refractivity (Wildman–Crippen MR) is 77.9 cm³/mol. The van der Waals surface area contributed by atoms with Gasteiger partial charge in [-0.15, -0.1) is 0 Å². The number of rotatable bonds is 4. The zero-order valence-corrected chi connectivity index (χ0v) is 11.9. The average Bonchev–Trinajstić information content (AvgIpc) is 2.46. The molecule has 6 heteroatoms. The second-order valence-corrected chi connectivity index (χ2v) is 4.56. The molecule has 0 saturated carbocycles. The van der Waals surface area contributed by atoms with E-state index < -0.39 is 11.9 Å². The molecule has 5 nitrogen and oxygen atoms in total. The Hall–Kier alpha value is -2.53. The van der Waals surface area contributed by atoms with E-state index >= 15 is 0 Å². The molecule has 1 amide bonds. The fourth-order valence-corrected chi connectivity index (χ4v) is 1.88. The van der Waals surface area contributed by atoms with Gasteiger partial charge in [-0.2, -0.15) is 0 Å². The molecule has 0 radical (unpaired) electrons. The molecule has 0 aliphatic rings. The van der Waals surface area contributed by atoms with Crippen molar-refractivity contribution in [1.82, 2.24) is 0 Å². The van der Waals surface area contributed by atoms with Crippen molar-refractivity contribution >= 4 is 23.5 Å². The highest BCUT2D eigenvalue weighted by Gasteiger charge is 2.16. The highest BCUT2D eigenvalue weighted by Crippen LogP contribution is 2.25. The highest BCUT2D eigenvalue weighted by molar-refractivity contribution is 6.30. The molecule has 0 aromatic heterocycles. The number of esters is 1. The van der Waals surface area contributed by atoms with Crippen LogP contribution in [0.3, 0.4) is 0 Å². The summed E-state index contributed by atoms with van der Waals surface area (Å²) in [5.74, 6) is -0.875. The first-order chi connectivity index (χ1) is 10.0. The van der Waals surface area contributed by atoms with Gasteiger partial charge in [0.1, 0.15) is 11.5 Å². The number of carbonyl (C=O) groups excluding carboxylic acids is 2. The fraction of sp³-hybridized carbons (Fsp3) is 0.0667. The lowest BCUT2D eigenvalue weighted by atomic mass is 10.1. The van der Waals surface area contributed by atoms with E-state index in [0.29, 0.717) is 10.8 Å². The van der Waals surface area contributed by atoms with Crippen molar-refractivity contribution in [2.45, 2.75) is 0 Å². The molecule has 2 rings (SSSR count). The average molecular weight is 306 g/mol. The van der Waals surface area contributed by atoms with E-state index in [9.17, 15) is 9.59 Å². The molecule has 0 fully saturated rings. The fourth-order valence-electron chi connectivity index (χ4n) is 1.69. The Morgan fingerprint density at radius 2 is 1.90 bits per heavy atom. The van der Waals surface area contributed by atoms with Gasteiger partial charge in [0.15, 0.2) is 0 Å². The number of ether oxygens (including phenoxy) is 2. The molecular weight excluding hydrogens is 294 g/mol. The van der Waals surface area contributed by atoms with Crippen LogP contribution < -0.4 is 15.2 Å². The van der Waals surface area contributed by atoms with Crippen molar-refractivity contribution in [3.05, 3.63) is 58.6 Å². The number of halogens is 1. The van der Waals surface area contributed by atoms with Crippen molar-refractivity contribution in [1.29, 1.82) is 0 Å². The molecule has 108 valence electrons. The molecule has 0 heterocycles. The van der Waals surface area contributed by atoms with E-state index in [4.69, 9.17) is 26.8 Å². The minimum absolute atomic E-state index is 0.0341. The summed E-state index contributed by atoms with van der Waals surface area (Å²) in [5, 5.41) is 0.408. The number of nitrogens with two attached hydrogens (primary N) is 1. The first kappa shape index (κ1) is 14.9. The van der Waals surface area contributed by atoms with E-state index in [2.05, 4.69) is 0 Å². The molecule has 21 heavy (non-hydrogen) atoms. The largest absolute Gasteiger partial charge is 0.497 e. The van der Waals surface area contributed by atoms with Gasteiger partial charge in [0.05, 0.1) is 18.2 Å². The van der Waals surface area contributed by atoms with Crippen LogP contribution in [-0.2, 0) is 0 Å². The molecule has 2 aromatic carbocycles. The lowest BCUT2D eigenvalue weighted by Crippen LogP contribution is -2.16. The van der Waals surface area contributed by atoms with Gasteiger partial charge in [-0.1, -0.05) is 17.7 Å². The van der Waals surface area contributed by atoms with E-state index in [1.54, 1.807) is 24.3 Å². The normalized spacial score (nSPS) is 10.0. The molecule has 0 aliphatic carbocycles. The van der Waals surface area contributed by atoms with E-state index in [0.717, 1.165) is 0 Å². The van der Waals surface area contributed by atoms with Gasteiger partial charge >= 0.3 is 5.97 Å². The number of carbonyl (C=O) groups is 2. The molecular formula is C15H12ClNO4. The number of methoxy groups -OCH3 is 1. The summed E-state index contributed by atoms with van der Waals surface area (Å²) < 4.78 is 10.2. The standard InChI is InChI=1S/C15H12ClNO4/c1-20-11-5-6-12(14(17)18)13(8-11)21-15(19)9-3-2-4-10(16)7-9/h2-8H,1H3,(H2,17,18). The molecule has 0 unspecified atom stereocenters. The summed E-state index contributed by atoms with van der Waals surface area (Å²) in [7, 11) is 1.46. The Morgan fingerprint density at radius 1 is 1.14 bits per heavy atom. The summed E-state index contributed by atoms with van der Waals surface area (Å²) >= 11 is 5.82. The summed E-state index contributed by atoms with van der Waals surface area (Å²) in [6.07, 6.45) is 0. The number of benzene rings is 2. The number of primary amides is 1. The van der Waals surface area contributed by atoms with Crippen LogP contribution in [0.5, 0.6) is 11.5 Å². The molecule has 0 spiro atoms. The van der Waals surface area contributed by atoms with Crippen LogP contribution in [0.4, 0.5) is 0 Å². The second-order valence-electron chi connectivity index (χ2n) is 4.13. The molecule has 0 aliphatic heterocycles. The Morgan fingerprint density at radius 3 is 2.52 bits per heavy atom. The van der Waals surface area contributed by atoms with Crippen molar-refractivity contribution in [2.24, 2.45) is 5.73 Å². The Bertz CT molecular complexity index is 700. The van der Waals surface area contributed by atoms with Crippen molar-refractivity contribution in [3.63, 3.8) is 0 Å². The summed E-state index contributed by atoms with van der Waals surface area (Å²) in [5.41, 5.74) is 5.61. The van der Waals surface area contributed by atoms with Crippen molar-refractivity contribution in [3.8, 4) is 11.5 Å². The Kier molecular flexibility index (Phi) is 4.45. The van der Waals surface area contributed by atoms with Crippen LogP contribution in [0.1, 0.15) is 20.7 Å². The summed E-state index contributed by atoms with van der Waals surface area (Å²) in [6, 6.07) is 10.7. The van der Waals surface area contributed by atoms with Crippen molar-refractivity contribution in [2.75, 3.05) is 7.11 Å². The van der Waals surface area contributed by atoms with Crippen LogP contribution in [0.15, 0.2) is 42.5 Å². The summed E-state index contributed by atoms with van der Waals surface area (Å²) in [6.45, 7) is 0. The SMILES string of the molecule is COc1ccc(C(N)=O)c(OC(=O)c2cccc(Cl)c2)c1. The molecule has 0 saturated heterocycles. The number of hydrogen-bond donors (Lipinski definition) is 1. The maximum atomic E-state index is 12.1. The lowest BCUT2D eigenvalue weighted by molar-refractivity contribution is 0.0732. The van der Waals surface area contributed by atoms with E-state index in [1.165, 1.54) is 25.3 Å². The third-order valence-corrected chi connectivity index (χ3v) is 2.95. The van der Waals surface area contributed by atoms with Gasteiger partial charge in [0.2, 0.25) is 0 Å². The maximum Gasteiger partial charge on any atom is 0.343 e. The highest BCUT2D eigenvalue weighted by atomic mass is 35.5. The van der Waals surface area contributed by atoms with Gasteiger partial charge in [0, 0.05) is 11.1 Å². The predicted octanol–water partition coefficient (Wildman–Crippen LogP) is 2.67. The van der Waals surface area contributed by atoms with Crippen LogP contribution in [0.2, 0.25) is 5.02 Å². The summed E-state index contributed by atoms with van der Waals surface area (Å²) in [4.78, 5) is 23.4. The number of hydrogen-bond acceptors (Lipinski definition) is 4. The quantitative estimate of drug-likeness (QED) is 0.696. The smallest absolute Gasteiger partial charge is 0.343 e. The van der Waals surface area contributed by atoms with Crippen LogP contribution >= 0.6 is 11.6 Å². The van der Waals surface area contributed by atoms with Gasteiger partial charge < -0.3 is 15.2 Å². The number of amides is 1. The third-order valence-electron chi connectivity index (χ3n) is 2.72. The minimum Gasteiger partial charge on any atom is -0.497 e. The van der Waals surface area contributed by atoms with Gasteiger partial charge in [-0.05, 0) is 30.3 Å².